The third kappa shape index (κ3) is 9.56. The van der Waals surface area contributed by atoms with Crippen LogP contribution in [-0.2, 0) is 41.1 Å². The molecule has 0 aliphatic rings. The number of hydrogen-bond acceptors (Lipinski definition) is 4. The van der Waals surface area contributed by atoms with Crippen LogP contribution in [0.25, 0.3) is 0 Å². The molecule has 1 heterocycles. The van der Waals surface area contributed by atoms with Crippen LogP contribution in [0.1, 0.15) is 11.7 Å². The number of pyridine rings is 1. The van der Waals surface area contributed by atoms with E-state index >= 15 is 0 Å². The minimum atomic E-state index is -0.801. The molecule has 2 amide bonds. The molecule has 0 saturated heterocycles. The topological polar surface area (TPSA) is 94.3 Å². The predicted molar refractivity (Wildman–Crippen MR) is 66.3 cm³/mol. The molecule has 6 nitrogen and oxygen atoms in total. The van der Waals surface area contributed by atoms with Crippen LogP contribution in [0, 0.1) is 6.08 Å². The molecular formula is C12H11N3O3VW-2. The summed E-state index contributed by atoms with van der Waals surface area (Å²) >= 11 is 3.31. The summed E-state index contributed by atoms with van der Waals surface area (Å²) in [5.41, 5.74) is 5.42. The fraction of sp³-hybridized carbons (Fsp3) is 0.0833. The number of nitrogens with one attached hydrogen (secondary N) is 1. The molecule has 8 heteroatoms. The summed E-state index contributed by atoms with van der Waals surface area (Å²) in [7, 11) is 0. The Morgan fingerprint density at radius 2 is 2.45 bits per heavy atom. The summed E-state index contributed by atoms with van der Waals surface area (Å²) in [6, 6.07) is 1.54. The SMILES string of the molecule is NC(=O)c1cncc(OC[C-]=C[CH]=[V])c1.[2H]C(=O)N[C-]=[W]. The van der Waals surface area contributed by atoms with Gasteiger partial charge in [0.15, 0.2) is 0 Å². The van der Waals surface area contributed by atoms with Gasteiger partial charge in [-0.15, -0.1) is 0 Å². The number of hydrogen-bond donors (Lipinski definition) is 2. The van der Waals surface area contributed by atoms with Crippen LogP contribution in [0.5, 0.6) is 5.75 Å². The molecule has 0 bridgehead atoms. The average molecular weight is 481 g/mol. The van der Waals surface area contributed by atoms with Gasteiger partial charge in [0.1, 0.15) is 0 Å². The second-order valence-electron chi connectivity index (χ2n) is 2.91. The maximum atomic E-state index is 10.8. The number of aromatic nitrogens is 1. The van der Waals surface area contributed by atoms with Crippen LogP contribution in [-0.4, -0.2) is 33.1 Å². The van der Waals surface area contributed by atoms with E-state index in [1.807, 2.05) is 5.32 Å². The first-order valence-corrected chi connectivity index (χ1v) is 7.32. The number of rotatable bonds is 6. The van der Waals surface area contributed by atoms with Gasteiger partial charge in [-0.25, -0.2) is 0 Å². The van der Waals surface area contributed by atoms with Crippen molar-refractivity contribution < 1.29 is 52.0 Å². The van der Waals surface area contributed by atoms with Gasteiger partial charge >= 0.3 is 138 Å². The van der Waals surface area contributed by atoms with E-state index in [2.05, 4.69) is 32.6 Å². The molecule has 0 unspecified atom stereocenters. The van der Waals surface area contributed by atoms with Crippen molar-refractivity contribution in [1.82, 2.24) is 10.3 Å². The van der Waals surface area contributed by atoms with Gasteiger partial charge in [-0.05, 0) is 0 Å². The van der Waals surface area contributed by atoms with E-state index in [0.29, 0.717) is 17.9 Å². The molecule has 0 saturated carbocycles. The molecule has 1 rings (SSSR count). The van der Waals surface area contributed by atoms with E-state index in [4.69, 9.17) is 11.8 Å². The van der Waals surface area contributed by atoms with E-state index < -0.39 is 12.3 Å². The molecule has 0 spiro atoms. The normalized spacial score (nSPS) is 9.65. The fourth-order valence-corrected chi connectivity index (χ4v) is 1.19. The molecule has 0 fully saturated rings. The summed E-state index contributed by atoms with van der Waals surface area (Å²) in [6.45, 7) is 0.304. The van der Waals surface area contributed by atoms with Gasteiger partial charge in [0.05, 0.1) is 0 Å². The Kier molecular flexibility index (Phi) is 10.6. The third-order valence-electron chi connectivity index (χ3n) is 1.61. The monoisotopic (exact) mass is 481 g/mol. The zero-order valence-electron chi connectivity index (χ0n) is 11.2. The zero-order chi connectivity index (χ0) is 16.1. The first kappa shape index (κ1) is 16.7. The number of amides is 2. The molecule has 1 aromatic heterocycles. The molecule has 105 valence electrons. The maximum absolute atomic E-state index is 10.8. The molecule has 1 aromatic rings. The van der Waals surface area contributed by atoms with Crippen molar-refractivity contribution in [3.05, 3.63) is 36.2 Å². The predicted octanol–water partition coefficient (Wildman–Crippen LogP) is -0.816. The second-order valence-corrected chi connectivity index (χ2v) is 4.11. The zero-order valence-corrected chi connectivity index (χ0v) is 14.5. The molecule has 0 atom stereocenters. The van der Waals surface area contributed by atoms with Gasteiger partial charge in [-0.1, -0.05) is 0 Å². The van der Waals surface area contributed by atoms with Crippen LogP contribution in [0.3, 0.4) is 0 Å². The number of carbonyl (C=O) groups excluding carboxylic acids is 2. The molecule has 0 aromatic carbocycles. The minimum absolute atomic E-state index is 0.304. The molecule has 0 radical (unpaired) electrons. The second kappa shape index (κ2) is 12.7. The molecule has 0 aliphatic heterocycles. The number of primary amides is 1. The molecule has 20 heavy (non-hydrogen) atoms. The van der Waals surface area contributed by atoms with Crippen molar-refractivity contribution in [2.75, 3.05) is 6.61 Å². The van der Waals surface area contributed by atoms with Crippen LogP contribution in [0.15, 0.2) is 24.5 Å². The summed E-state index contributed by atoms with van der Waals surface area (Å²) in [5, 5.41) is 2.02. The van der Waals surface area contributed by atoms with Crippen molar-refractivity contribution in [2.45, 2.75) is 0 Å². The van der Waals surface area contributed by atoms with Crippen molar-refractivity contribution >= 4 is 21.5 Å². The average Bonchev–Trinajstić information content (AvgIpc) is 2.44. The number of carbonyl (C=O) groups is 2. The Hall–Kier alpha value is -1.36. The number of ether oxygens (including phenoxy) is 1. The molecule has 3 N–H and O–H groups in total. The van der Waals surface area contributed by atoms with Crippen LogP contribution >= 0.6 is 0 Å². The Labute approximate surface area is 138 Å². The van der Waals surface area contributed by atoms with Crippen molar-refractivity contribution in [1.29, 1.82) is 0 Å². The van der Waals surface area contributed by atoms with Crippen LogP contribution < -0.4 is 15.8 Å². The fourth-order valence-electron chi connectivity index (χ4n) is 0.879. The van der Waals surface area contributed by atoms with Crippen molar-refractivity contribution in [3.8, 4) is 5.75 Å². The number of nitrogens with zero attached hydrogens (tertiary/aromatic N) is 1. The molecular weight excluding hydrogens is 469 g/mol. The summed E-state index contributed by atoms with van der Waals surface area (Å²) in [4.78, 5) is 24.2. The van der Waals surface area contributed by atoms with Gasteiger partial charge in [0.2, 0.25) is 0 Å². The Bertz CT molecular complexity index is 540. The molecule has 0 aliphatic carbocycles. The van der Waals surface area contributed by atoms with Gasteiger partial charge < -0.3 is 0 Å². The first-order chi connectivity index (χ1) is 10.0. The van der Waals surface area contributed by atoms with Crippen LogP contribution in [0.2, 0.25) is 0 Å². The van der Waals surface area contributed by atoms with Gasteiger partial charge in [-0.3, -0.25) is 0 Å². The Morgan fingerprint density at radius 1 is 1.70 bits per heavy atom. The number of nitrogens with two attached hydrogens (primary N) is 1. The van der Waals surface area contributed by atoms with E-state index in [0.717, 1.165) is 19.4 Å². The summed E-state index contributed by atoms with van der Waals surface area (Å²) < 4.78 is 15.6. The van der Waals surface area contributed by atoms with Crippen LogP contribution in [0.4, 0.5) is 0 Å². The third-order valence-corrected chi connectivity index (χ3v) is 2.21. The van der Waals surface area contributed by atoms with E-state index in [9.17, 15) is 9.59 Å². The quantitative estimate of drug-likeness (QED) is 0.316. The van der Waals surface area contributed by atoms with Gasteiger partial charge in [-0.2, -0.15) is 0 Å². The first-order valence-electron chi connectivity index (χ1n) is 5.55. The standard InChI is InChI=1S/C10H9N2O2.C2H2NO.V.W/c1-2-3-4-14-9-5-8(10(11)13)6-12-7-9;1-3-2-4;;/h1-2,5-7H,4H2,(H2,11,13);2H,(H,3,4);;/q2*-1;;/i;2D;;. The summed E-state index contributed by atoms with van der Waals surface area (Å²) in [5.74, 6) is -0.0237. The van der Waals surface area contributed by atoms with E-state index in [1.54, 1.807) is 16.9 Å². The Morgan fingerprint density at radius 3 is 2.95 bits per heavy atom. The van der Waals surface area contributed by atoms with Crippen molar-refractivity contribution in [2.24, 2.45) is 5.73 Å². The summed E-state index contributed by atoms with van der Waals surface area (Å²) in [6.07, 6.45) is 6.71. The Balaban J connectivity index is 0.000000567. The van der Waals surface area contributed by atoms with Crippen molar-refractivity contribution in [3.63, 3.8) is 0 Å². The van der Waals surface area contributed by atoms with E-state index in [-0.39, 0.29) is 0 Å². The number of allylic oxidation sites excluding steroid dienone is 1. The van der Waals surface area contributed by atoms with Gasteiger partial charge in [0, 0.05) is 0 Å². The van der Waals surface area contributed by atoms with Gasteiger partial charge in [0.25, 0.3) is 0 Å². The van der Waals surface area contributed by atoms with E-state index in [1.165, 1.54) is 12.4 Å².